The number of hydrogen-bond acceptors (Lipinski definition) is 4. The summed E-state index contributed by atoms with van der Waals surface area (Å²) in [6.45, 7) is 9.41. The van der Waals surface area contributed by atoms with Gasteiger partial charge in [-0.15, -0.1) is 0 Å². The highest BCUT2D eigenvalue weighted by molar-refractivity contribution is 7.22. The number of rotatable bonds is 4. The molecule has 1 aliphatic rings. The normalized spacial score (nSPS) is 18.2. The van der Waals surface area contributed by atoms with Gasteiger partial charge in [0, 0.05) is 12.0 Å². The first-order chi connectivity index (χ1) is 11.4. The zero-order valence-electron chi connectivity index (χ0n) is 15.0. The monoisotopic (exact) mass is 346 g/mol. The van der Waals surface area contributed by atoms with Crippen molar-refractivity contribution >= 4 is 32.6 Å². The molecular weight excluding hydrogens is 320 g/mol. The minimum absolute atomic E-state index is 0.107. The lowest BCUT2D eigenvalue weighted by Gasteiger charge is -2.29. The molecule has 130 valence electrons. The topological polar surface area (TPSA) is 42.4 Å². The molecule has 1 unspecified atom stereocenters. The van der Waals surface area contributed by atoms with Crippen molar-refractivity contribution in [3.63, 3.8) is 0 Å². The lowest BCUT2D eigenvalue weighted by molar-refractivity contribution is -0.126. The number of carbonyl (C=O) groups is 1. The van der Waals surface area contributed by atoms with E-state index in [0.717, 1.165) is 41.2 Å². The predicted octanol–water partition coefficient (Wildman–Crippen LogP) is 4.42. The van der Waals surface area contributed by atoms with Crippen LogP contribution >= 0.6 is 11.3 Å². The number of aromatic nitrogens is 1. The Balaban J connectivity index is 1.99. The number of thiazole rings is 1. The minimum Gasteiger partial charge on any atom is -0.376 e. The van der Waals surface area contributed by atoms with E-state index in [1.165, 1.54) is 5.56 Å². The molecule has 1 aromatic carbocycles. The average molecular weight is 346 g/mol. The molecule has 0 spiro atoms. The second-order valence-electron chi connectivity index (χ2n) is 7.41. The van der Waals surface area contributed by atoms with Gasteiger partial charge >= 0.3 is 0 Å². The Kier molecular flexibility index (Phi) is 4.92. The Morgan fingerprint density at radius 1 is 1.42 bits per heavy atom. The Bertz CT molecular complexity index is 727. The van der Waals surface area contributed by atoms with Gasteiger partial charge in [-0.1, -0.05) is 51.2 Å². The zero-order chi connectivity index (χ0) is 17.3. The highest BCUT2D eigenvalue weighted by Gasteiger charge is 2.33. The van der Waals surface area contributed by atoms with E-state index in [-0.39, 0.29) is 12.0 Å². The van der Waals surface area contributed by atoms with Crippen LogP contribution in [0.1, 0.15) is 46.1 Å². The van der Waals surface area contributed by atoms with E-state index in [2.05, 4.69) is 25.1 Å². The molecule has 0 aliphatic carbocycles. The Hall–Kier alpha value is -1.46. The predicted molar refractivity (Wildman–Crippen MR) is 99.8 cm³/mol. The molecule has 0 radical (unpaired) electrons. The number of benzene rings is 1. The summed E-state index contributed by atoms with van der Waals surface area (Å²) in [6, 6.07) is 6.27. The van der Waals surface area contributed by atoms with Gasteiger partial charge in [0.15, 0.2) is 5.13 Å². The third-order valence-corrected chi connectivity index (χ3v) is 5.44. The molecule has 4 nitrogen and oxygen atoms in total. The van der Waals surface area contributed by atoms with Crippen molar-refractivity contribution in [3.05, 3.63) is 23.8 Å². The SMILES string of the molecule is CCc1cccc2sc(N(CC3CCCO3)C(=O)C(C)(C)C)nc12. The maximum absolute atomic E-state index is 13.0. The number of aryl methyl sites for hydroxylation is 1. The average Bonchev–Trinajstić information content (AvgIpc) is 3.19. The van der Waals surface area contributed by atoms with Crippen LogP contribution in [0.5, 0.6) is 0 Å². The van der Waals surface area contributed by atoms with E-state index >= 15 is 0 Å². The molecule has 0 N–H and O–H groups in total. The van der Waals surface area contributed by atoms with E-state index in [1.54, 1.807) is 11.3 Å². The van der Waals surface area contributed by atoms with Crippen molar-refractivity contribution in [3.8, 4) is 0 Å². The third kappa shape index (κ3) is 3.47. The second kappa shape index (κ2) is 6.81. The first-order valence-electron chi connectivity index (χ1n) is 8.72. The summed E-state index contributed by atoms with van der Waals surface area (Å²) in [7, 11) is 0. The van der Waals surface area contributed by atoms with Crippen LogP contribution in [-0.4, -0.2) is 30.1 Å². The fourth-order valence-electron chi connectivity index (χ4n) is 3.04. The summed E-state index contributed by atoms with van der Waals surface area (Å²) in [5, 5.41) is 0.793. The number of para-hydroxylation sites is 1. The summed E-state index contributed by atoms with van der Waals surface area (Å²) in [4.78, 5) is 19.7. The number of fused-ring (bicyclic) bond motifs is 1. The van der Waals surface area contributed by atoms with Gasteiger partial charge in [-0.05, 0) is 30.9 Å². The maximum Gasteiger partial charge on any atom is 0.234 e. The lowest BCUT2D eigenvalue weighted by atomic mass is 9.94. The van der Waals surface area contributed by atoms with Crippen LogP contribution in [0.4, 0.5) is 5.13 Å². The molecule has 2 heterocycles. The molecule has 1 fully saturated rings. The molecule has 5 heteroatoms. The first-order valence-corrected chi connectivity index (χ1v) is 9.54. The van der Waals surface area contributed by atoms with Crippen LogP contribution < -0.4 is 4.90 Å². The van der Waals surface area contributed by atoms with E-state index in [4.69, 9.17) is 9.72 Å². The first kappa shape index (κ1) is 17.4. The van der Waals surface area contributed by atoms with Gasteiger partial charge in [-0.25, -0.2) is 4.98 Å². The van der Waals surface area contributed by atoms with Gasteiger partial charge < -0.3 is 4.74 Å². The summed E-state index contributed by atoms with van der Waals surface area (Å²) < 4.78 is 6.91. The minimum atomic E-state index is -0.440. The molecule has 3 rings (SSSR count). The Morgan fingerprint density at radius 2 is 2.21 bits per heavy atom. The highest BCUT2D eigenvalue weighted by atomic mass is 32.1. The largest absolute Gasteiger partial charge is 0.376 e. The fraction of sp³-hybridized carbons (Fsp3) is 0.579. The maximum atomic E-state index is 13.0. The van der Waals surface area contributed by atoms with Crippen molar-refractivity contribution in [1.29, 1.82) is 0 Å². The molecule has 1 amide bonds. The molecule has 0 saturated carbocycles. The molecule has 1 atom stereocenters. The Labute approximate surface area is 147 Å². The van der Waals surface area contributed by atoms with Crippen LogP contribution in [0.25, 0.3) is 10.2 Å². The van der Waals surface area contributed by atoms with Gasteiger partial charge in [-0.3, -0.25) is 9.69 Å². The summed E-state index contributed by atoms with van der Waals surface area (Å²) in [6.07, 6.45) is 3.15. The molecule has 1 aliphatic heterocycles. The van der Waals surface area contributed by atoms with E-state index < -0.39 is 5.41 Å². The van der Waals surface area contributed by atoms with Crippen LogP contribution in [-0.2, 0) is 16.0 Å². The molecule has 24 heavy (non-hydrogen) atoms. The van der Waals surface area contributed by atoms with Gasteiger partial charge in [-0.2, -0.15) is 0 Å². The number of ether oxygens (including phenoxy) is 1. The zero-order valence-corrected chi connectivity index (χ0v) is 15.8. The van der Waals surface area contributed by atoms with Gasteiger partial charge in [0.05, 0.1) is 22.9 Å². The number of nitrogens with zero attached hydrogens (tertiary/aromatic N) is 2. The van der Waals surface area contributed by atoms with Crippen molar-refractivity contribution in [1.82, 2.24) is 4.98 Å². The highest BCUT2D eigenvalue weighted by Crippen LogP contribution is 2.34. The van der Waals surface area contributed by atoms with Crippen molar-refractivity contribution in [2.45, 2.75) is 53.1 Å². The standard InChI is InChI=1S/C19H26N2O2S/c1-5-13-8-6-10-15-16(13)20-18(24-15)21(17(22)19(2,3)4)12-14-9-7-11-23-14/h6,8,10,14H,5,7,9,11-12H2,1-4H3. The smallest absolute Gasteiger partial charge is 0.234 e. The third-order valence-electron chi connectivity index (χ3n) is 4.40. The number of hydrogen-bond donors (Lipinski definition) is 0. The van der Waals surface area contributed by atoms with Gasteiger partial charge in [0.25, 0.3) is 0 Å². The van der Waals surface area contributed by atoms with Crippen LogP contribution in [0.3, 0.4) is 0 Å². The van der Waals surface area contributed by atoms with Crippen molar-refractivity contribution in [2.24, 2.45) is 5.41 Å². The van der Waals surface area contributed by atoms with Crippen LogP contribution in [0.2, 0.25) is 0 Å². The lowest BCUT2D eigenvalue weighted by Crippen LogP contribution is -2.43. The van der Waals surface area contributed by atoms with Gasteiger partial charge in [0.2, 0.25) is 5.91 Å². The van der Waals surface area contributed by atoms with E-state index in [1.807, 2.05) is 25.7 Å². The van der Waals surface area contributed by atoms with Crippen molar-refractivity contribution < 1.29 is 9.53 Å². The molecular formula is C19H26N2O2S. The number of amides is 1. The van der Waals surface area contributed by atoms with Gasteiger partial charge in [0.1, 0.15) is 0 Å². The molecule has 0 bridgehead atoms. The van der Waals surface area contributed by atoms with E-state index in [0.29, 0.717) is 6.54 Å². The summed E-state index contributed by atoms with van der Waals surface area (Å²) in [5.41, 5.74) is 1.82. The molecule has 1 saturated heterocycles. The number of anilines is 1. The number of carbonyl (C=O) groups excluding carboxylic acids is 1. The quantitative estimate of drug-likeness (QED) is 0.823. The van der Waals surface area contributed by atoms with Crippen LogP contribution in [0.15, 0.2) is 18.2 Å². The fourth-order valence-corrected chi connectivity index (χ4v) is 4.06. The molecule has 1 aromatic heterocycles. The summed E-state index contributed by atoms with van der Waals surface area (Å²) >= 11 is 1.60. The Morgan fingerprint density at radius 3 is 2.83 bits per heavy atom. The summed E-state index contributed by atoms with van der Waals surface area (Å²) in [5.74, 6) is 0.107. The van der Waals surface area contributed by atoms with Crippen LogP contribution in [0, 0.1) is 5.41 Å². The second-order valence-corrected chi connectivity index (χ2v) is 8.42. The van der Waals surface area contributed by atoms with E-state index in [9.17, 15) is 4.79 Å². The molecule has 2 aromatic rings. The van der Waals surface area contributed by atoms with Crippen molar-refractivity contribution in [2.75, 3.05) is 18.1 Å².